The molecule has 1 amide bonds. The fourth-order valence-electron chi connectivity index (χ4n) is 3.48. The molecule has 1 aliphatic rings. The molecule has 3 aromatic rings. The molecule has 8 heteroatoms. The van der Waals surface area contributed by atoms with Crippen LogP contribution >= 0.6 is 0 Å². The van der Waals surface area contributed by atoms with Crippen molar-refractivity contribution in [3.63, 3.8) is 0 Å². The molecule has 1 aliphatic carbocycles. The summed E-state index contributed by atoms with van der Waals surface area (Å²) in [6.07, 6.45) is 8.23. The number of aromatic nitrogens is 5. The lowest BCUT2D eigenvalue weighted by molar-refractivity contribution is -0.122. The van der Waals surface area contributed by atoms with Gasteiger partial charge in [-0.15, -0.1) is 0 Å². The number of hydrogen-bond donors (Lipinski definition) is 1. The molecular formula is C19H22N6O2. The van der Waals surface area contributed by atoms with Gasteiger partial charge < -0.3 is 10.1 Å². The first-order chi connectivity index (χ1) is 13.2. The molecule has 27 heavy (non-hydrogen) atoms. The van der Waals surface area contributed by atoms with E-state index < -0.39 is 0 Å². The highest BCUT2D eigenvalue weighted by Gasteiger charge is 2.26. The van der Waals surface area contributed by atoms with Gasteiger partial charge in [0.2, 0.25) is 5.91 Å². The predicted octanol–water partition coefficient (Wildman–Crippen LogP) is 2.06. The fourth-order valence-corrected chi connectivity index (χ4v) is 3.48. The number of carbonyl (C=O) groups excluding carboxylic acids is 1. The van der Waals surface area contributed by atoms with E-state index in [4.69, 9.17) is 4.74 Å². The summed E-state index contributed by atoms with van der Waals surface area (Å²) >= 11 is 0. The monoisotopic (exact) mass is 366 g/mol. The highest BCUT2D eigenvalue weighted by atomic mass is 16.5. The normalized spacial score (nSPS) is 16.0. The zero-order valence-electron chi connectivity index (χ0n) is 15.2. The van der Waals surface area contributed by atoms with Crippen LogP contribution in [0.1, 0.15) is 36.6 Å². The van der Waals surface area contributed by atoms with Gasteiger partial charge in [-0.2, -0.15) is 10.2 Å². The number of carbonyl (C=O) groups is 1. The smallest absolute Gasteiger partial charge is 0.222 e. The first-order valence-electron chi connectivity index (χ1n) is 9.07. The molecule has 0 spiro atoms. The number of amides is 1. The van der Waals surface area contributed by atoms with Gasteiger partial charge in [-0.1, -0.05) is 0 Å². The summed E-state index contributed by atoms with van der Waals surface area (Å²) in [5, 5.41) is 11.7. The summed E-state index contributed by atoms with van der Waals surface area (Å²) in [6.45, 7) is 0.524. The van der Waals surface area contributed by atoms with Crippen molar-refractivity contribution in [2.75, 3.05) is 7.11 Å². The van der Waals surface area contributed by atoms with Crippen LogP contribution in [0.3, 0.4) is 0 Å². The van der Waals surface area contributed by atoms with Gasteiger partial charge in [-0.3, -0.25) is 9.48 Å². The lowest BCUT2D eigenvalue weighted by Gasteiger charge is -2.24. The molecule has 0 aliphatic heterocycles. The maximum Gasteiger partial charge on any atom is 0.222 e. The molecule has 0 saturated heterocycles. The van der Waals surface area contributed by atoms with Crippen molar-refractivity contribution in [3.8, 4) is 11.4 Å². The molecule has 2 aromatic heterocycles. The Balaban J connectivity index is 1.47. The second kappa shape index (κ2) is 7.61. The van der Waals surface area contributed by atoms with Gasteiger partial charge in [0.05, 0.1) is 31.6 Å². The summed E-state index contributed by atoms with van der Waals surface area (Å²) in [6, 6.07) is 7.84. The quantitative estimate of drug-likeness (QED) is 0.722. The summed E-state index contributed by atoms with van der Waals surface area (Å²) in [5.41, 5.74) is 3.26. The third kappa shape index (κ3) is 3.69. The number of fused-ring (bicyclic) bond motifs is 1. The van der Waals surface area contributed by atoms with Gasteiger partial charge in [0.15, 0.2) is 0 Å². The Labute approximate surface area is 157 Å². The van der Waals surface area contributed by atoms with Crippen molar-refractivity contribution in [1.82, 2.24) is 29.9 Å². The van der Waals surface area contributed by atoms with Crippen LogP contribution in [0.25, 0.3) is 5.69 Å². The zero-order valence-corrected chi connectivity index (χ0v) is 15.2. The van der Waals surface area contributed by atoms with Crippen LogP contribution in [-0.4, -0.2) is 37.6 Å². The van der Waals surface area contributed by atoms with Crippen LogP contribution in [0.2, 0.25) is 0 Å². The van der Waals surface area contributed by atoms with Crippen molar-refractivity contribution in [1.29, 1.82) is 0 Å². The Morgan fingerprint density at radius 2 is 2.15 bits per heavy atom. The molecule has 0 bridgehead atoms. The summed E-state index contributed by atoms with van der Waals surface area (Å²) in [5.74, 6) is 0.831. The van der Waals surface area contributed by atoms with Gasteiger partial charge in [0.1, 0.15) is 18.4 Å². The van der Waals surface area contributed by atoms with Crippen molar-refractivity contribution in [3.05, 3.63) is 54.4 Å². The standard InChI is InChI=1S/C19H22N6O2/c1-27-15-7-5-14(6-8-15)25-18-4-2-3-17(16(18)11-21-25)23-19(26)9-10-24-13-20-12-22-24/h5-8,11-13,17H,2-4,9-10H2,1H3,(H,23,26). The number of benzene rings is 1. The van der Waals surface area contributed by atoms with Gasteiger partial charge in [-0.25, -0.2) is 9.67 Å². The van der Waals surface area contributed by atoms with E-state index in [1.807, 2.05) is 35.1 Å². The molecule has 2 heterocycles. The van der Waals surface area contributed by atoms with E-state index in [1.165, 1.54) is 6.33 Å². The number of nitrogens with zero attached hydrogens (tertiary/aromatic N) is 5. The number of aryl methyl sites for hydroxylation is 1. The Hall–Kier alpha value is -3.16. The molecule has 0 fully saturated rings. The average molecular weight is 366 g/mol. The minimum atomic E-state index is 0.00370. The van der Waals surface area contributed by atoms with Gasteiger partial charge in [0.25, 0.3) is 0 Å². The van der Waals surface area contributed by atoms with Gasteiger partial charge in [0, 0.05) is 17.7 Å². The average Bonchev–Trinajstić information content (AvgIpc) is 3.37. The Bertz CT molecular complexity index is 901. The highest BCUT2D eigenvalue weighted by Crippen LogP contribution is 2.31. The molecule has 4 rings (SSSR count). The number of ether oxygens (including phenoxy) is 1. The lowest BCUT2D eigenvalue weighted by Crippen LogP contribution is -2.31. The maximum absolute atomic E-state index is 12.3. The molecule has 1 atom stereocenters. The predicted molar refractivity (Wildman–Crippen MR) is 98.6 cm³/mol. The number of methoxy groups -OCH3 is 1. The maximum atomic E-state index is 12.3. The first-order valence-corrected chi connectivity index (χ1v) is 9.07. The van der Waals surface area contributed by atoms with E-state index in [-0.39, 0.29) is 11.9 Å². The summed E-state index contributed by atoms with van der Waals surface area (Å²) < 4.78 is 8.84. The molecule has 0 saturated carbocycles. The summed E-state index contributed by atoms with van der Waals surface area (Å²) in [7, 11) is 1.65. The van der Waals surface area contributed by atoms with E-state index in [2.05, 4.69) is 20.5 Å². The lowest BCUT2D eigenvalue weighted by atomic mass is 9.92. The number of nitrogens with one attached hydrogen (secondary N) is 1. The minimum absolute atomic E-state index is 0.00370. The third-order valence-corrected chi connectivity index (χ3v) is 4.87. The van der Waals surface area contributed by atoms with Crippen molar-refractivity contribution >= 4 is 5.91 Å². The molecule has 140 valence electrons. The number of rotatable bonds is 6. The van der Waals surface area contributed by atoms with E-state index in [0.717, 1.165) is 42.0 Å². The molecular weight excluding hydrogens is 344 g/mol. The van der Waals surface area contributed by atoms with E-state index in [0.29, 0.717) is 13.0 Å². The van der Waals surface area contributed by atoms with Crippen LogP contribution in [-0.2, 0) is 17.8 Å². The van der Waals surface area contributed by atoms with E-state index in [1.54, 1.807) is 18.1 Å². The van der Waals surface area contributed by atoms with E-state index >= 15 is 0 Å². The Morgan fingerprint density at radius 3 is 2.89 bits per heavy atom. The summed E-state index contributed by atoms with van der Waals surface area (Å²) in [4.78, 5) is 16.2. The second-order valence-electron chi connectivity index (χ2n) is 6.58. The largest absolute Gasteiger partial charge is 0.497 e. The molecule has 1 N–H and O–H groups in total. The Kier molecular flexibility index (Phi) is 4.86. The molecule has 0 radical (unpaired) electrons. The van der Waals surface area contributed by atoms with Gasteiger partial charge in [-0.05, 0) is 43.5 Å². The number of hydrogen-bond acceptors (Lipinski definition) is 5. The highest BCUT2D eigenvalue weighted by molar-refractivity contribution is 5.76. The van der Waals surface area contributed by atoms with Crippen molar-refractivity contribution in [2.45, 2.75) is 38.3 Å². The first kappa shape index (κ1) is 17.3. The second-order valence-corrected chi connectivity index (χ2v) is 6.58. The fraction of sp³-hybridized carbons (Fsp3) is 0.368. The SMILES string of the molecule is COc1ccc(-n2ncc3c2CCCC3NC(=O)CCn2cncn2)cc1. The van der Waals surface area contributed by atoms with Crippen LogP contribution in [0, 0.1) is 0 Å². The molecule has 8 nitrogen and oxygen atoms in total. The van der Waals surface area contributed by atoms with Crippen molar-refractivity contribution < 1.29 is 9.53 Å². The van der Waals surface area contributed by atoms with Crippen LogP contribution < -0.4 is 10.1 Å². The van der Waals surface area contributed by atoms with Crippen LogP contribution in [0.15, 0.2) is 43.1 Å². The molecule has 1 unspecified atom stereocenters. The van der Waals surface area contributed by atoms with Crippen molar-refractivity contribution in [2.24, 2.45) is 0 Å². The minimum Gasteiger partial charge on any atom is -0.497 e. The van der Waals surface area contributed by atoms with Crippen LogP contribution in [0.5, 0.6) is 5.75 Å². The van der Waals surface area contributed by atoms with E-state index in [9.17, 15) is 4.79 Å². The zero-order chi connectivity index (χ0) is 18.6. The Morgan fingerprint density at radius 1 is 1.30 bits per heavy atom. The van der Waals surface area contributed by atoms with Crippen LogP contribution in [0.4, 0.5) is 0 Å². The third-order valence-electron chi connectivity index (χ3n) is 4.87. The molecule has 1 aromatic carbocycles. The van der Waals surface area contributed by atoms with Gasteiger partial charge >= 0.3 is 0 Å². The topological polar surface area (TPSA) is 86.9 Å².